The summed E-state index contributed by atoms with van der Waals surface area (Å²) in [6, 6.07) is 7.27. The van der Waals surface area contributed by atoms with Crippen molar-refractivity contribution in [2.24, 2.45) is 5.41 Å². The molecule has 0 N–H and O–H groups in total. The summed E-state index contributed by atoms with van der Waals surface area (Å²) in [5.41, 5.74) is 0.284. The molecule has 128 valence electrons. The number of para-hydroxylation sites is 1. The van der Waals surface area contributed by atoms with Crippen LogP contribution in [0.5, 0.6) is 0 Å². The molecule has 0 saturated carbocycles. The number of hydrogen-bond donors (Lipinski definition) is 0. The molecule has 0 bridgehead atoms. The van der Waals surface area contributed by atoms with Crippen LogP contribution >= 0.6 is 0 Å². The smallest absolute Gasteiger partial charge is 0.243 e. The fourth-order valence-electron chi connectivity index (χ4n) is 5.80. The van der Waals surface area contributed by atoms with Gasteiger partial charge in [0, 0.05) is 19.2 Å². The largest absolute Gasteiger partial charge is 0.633 e. The lowest BCUT2D eigenvalue weighted by atomic mass is 9.60. The minimum atomic E-state index is -0.843. The number of anilines is 1. The maximum Gasteiger partial charge on any atom is 0.243 e. The van der Waals surface area contributed by atoms with Crippen molar-refractivity contribution in [3.05, 3.63) is 35.0 Å². The zero-order valence-electron chi connectivity index (χ0n) is 14.3. The molecule has 5 heteroatoms. The summed E-state index contributed by atoms with van der Waals surface area (Å²) < 4.78 is -0.388. The van der Waals surface area contributed by atoms with E-state index in [2.05, 4.69) is 0 Å². The number of benzene rings is 1. The van der Waals surface area contributed by atoms with Gasteiger partial charge in [0.2, 0.25) is 5.91 Å². The van der Waals surface area contributed by atoms with E-state index in [1.165, 1.54) is 0 Å². The molecule has 0 aliphatic carbocycles. The van der Waals surface area contributed by atoms with E-state index in [1.807, 2.05) is 31.2 Å². The summed E-state index contributed by atoms with van der Waals surface area (Å²) in [6.45, 7) is 2.92. The first-order valence-electron chi connectivity index (χ1n) is 8.87. The standard InChI is InChI=1S/C19H24N2O3/c1-3-18(13-22)9-6-11-21(24)12-10-19(16(18)21)14-7-4-5-8-15(14)20(2)17(19)23/h4-5,7-8,13,16H,3,6,9-12H2,1-2H3/t16-,18-,19+,21-/m0/s1. The van der Waals surface area contributed by atoms with Crippen molar-refractivity contribution in [1.82, 2.24) is 0 Å². The Morgan fingerprint density at radius 2 is 2.08 bits per heavy atom. The van der Waals surface area contributed by atoms with Gasteiger partial charge in [-0.05, 0) is 30.9 Å². The molecule has 1 amide bonds. The zero-order valence-corrected chi connectivity index (χ0v) is 14.3. The second-order valence-corrected chi connectivity index (χ2v) is 7.71. The maximum absolute atomic E-state index is 13.6. The molecule has 3 aliphatic heterocycles. The van der Waals surface area contributed by atoms with Crippen LogP contribution in [0.15, 0.2) is 24.3 Å². The van der Waals surface area contributed by atoms with Crippen molar-refractivity contribution in [2.45, 2.75) is 44.1 Å². The van der Waals surface area contributed by atoms with Gasteiger partial charge in [-0.15, -0.1) is 0 Å². The average Bonchev–Trinajstić information content (AvgIpc) is 3.04. The van der Waals surface area contributed by atoms with Gasteiger partial charge >= 0.3 is 0 Å². The van der Waals surface area contributed by atoms with Gasteiger partial charge < -0.3 is 19.5 Å². The van der Waals surface area contributed by atoms with E-state index < -0.39 is 16.9 Å². The second-order valence-electron chi connectivity index (χ2n) is 7.71. The molecule has 1 aromatic carbocycles. The summed E-state index contributed by atoms with van der Waals surface area (Å²) in [5.74, 6) is -0.00822. The Hall–Kier alpha value is -1.72. The average molecular weight is 328 g/mol. The van der Waals surface area contributed by atoms with Crippen LogP contribution in [0.4, 0.5) is 5.69 Å². The van der Waals surface area contributed by atoms with Crippen LogP contribution in [0.1, 0.15) is 38.2 Å². The molecule has 0 aromatic heterocycles. The SMILES string of the molecule is CC[C@@]1(C=O)CCC[N@+]2([O-])CC[C@]3(C(=O)N(C)c4ccccc43)[C@H]12. The third-order valence-electron chi connectivity index (χ3n) is 6.87. The van der Waals surface area contributed by atoms with Crippen LogP contribution in [-0.4, -0.2) is 43.0 Å². The number of amides is 1. The first-order chi connectivity index (χ1) is 11.5. The molecule has 24 heavy (non-hydrogen) atoms. The number of likely N-dealkylation sites (N-methyl/N-ethyl adjacent to an activating group) is 1. The van der Waals surface area contributed by atoms with E-state index in [0.717, 1.165) is 24.0 Å². The van der Waals surface area contributed by atoms with Crippen LogP contribution in [-0.2, 0) is 15.0 Å². The van der Waals surface area contributed by atoms with Crippen molar-refractivity contribution < 1.29 is 14.2 Å². The Labute approximate surface area is 142 Å². The third-order valence-corrected chi connectivity index (χ3v) is 6.87. The van der Waals surface area contributed by atoms with Gasteiger partial charge in [-0.1, -0.05) is 25.1 Å². The Bertz CT molecular complexity index is 720. The van der Waals surface area contributed by atoms with E-state index >= 15 is 0 Å². The normalized spacial score (nSPS) is 40.7. The van der Waals surface area contributed by atoms with Crippen LogP contribution in [0.25, 0.3) is 0 Å². The van der Waals surface area contributed by atoms with E-state index in [4.69, 9.17) is 0 Å². The number of quaternary nitrogens is 1. The topological polar surface area (TPSA) is 60.4 Å². The molecule has 0 radical (unpaired) electrons. The van der Waals surface area contributed by atoms with Crippen molar-refractivity contribution >= 4 is 17.9 Å². The van der Waals surface area contributed by atoms with Gasteiger partial charge in [0.1, 0.15) is 17.7 Å². The zero-order chi connectivity index (χ0) is 17.2. The van der Waals surface area contributed by atoms with Gasteiger partial charge in [0.25, 0.3) is 0 Å². The Balaban J connectivity index is 1.99. The highest BCUT2D eigenvalue weighted by Gasteiger charge is 2.70. The number of fused-ring (bicyclic) bond motifs is 4. The van der Waals surface area contributed by atoms with Crippen molar-refractivity contribution in [3.63, 3.8) is 0 Å². The summed E-state index contributed by atoms with van der Waals surface area (Å²) >= 11 is 0. The Morgan fingerprint density at radius 1 is 1.33 bits per heavy atom. The third kappa shape index (κ3) is 1.62. The monoisotopic (exact) mass is 328 g/mol. The highest BCUT2D eigenvalue weighted by molar-refractivity contribution is 6.08. The van der Waals surface area contributed by atoms with Crippen LogP contribution < -0.4 is 4.90 Å². The fourth-order valence-corrected chi connectivity index (χ4v) is 5.80. The lowest BCUT2D eigenvalue weighted by Crippen LogP contribution is -2.66. The number of rotatable bonds is 2. The van der Waals surface area contributed by atoms with Gasteiger partial charge in [-0.3, -0.25) is 4.79 Å². The highest BCUT2D eigenvalue weighted by Crippen LogP contribution is 2.59. The number of hydroxylamine groups is 3. The molecule has 4 atom stereocenters. The van der Waals surface area contributed by atoms with Gasteiger partial charge in [-0.2, -0.15) is 0 Å². The quantitative estimate of drug-likeness (QED) is 0.476. The van der Waals surface area contributed by atoms with E-state index in [9.17, 15) is 14.8 Å². The number of hydrogen-bond acceptors (Lipinski definition) is 3. The van der Waals surface area contributed by atoms with Gasteiger partial charge in [-0.25, -0.2) is 0 Å². The molecule has 1 spiro atoms. The van der Waals surface area contributed by atoms with E-state index in [0.29, 0.717) is 32.4 Å². The molecule has 3 aliphatic rings. The minimum Gasteiger partial charge on any atom is -0.633 e. The van der Waals surface area contributed by atoms with Crippen molar-refractivity contribution in [3.8, 4) is 0 Å². The predicted molar refractivity (Wildman–Crippen MR) is 91.3 cm³/mol. The molecule has 5 nitrogen and oxygen atoms in total. The molecule has 1 aromatic rings. The van der Waals surface area contributed by atoms with Crippen molar-refractivity contribution in [1.29, 1.82) is 0 Å². The van der Waals surface area contributed by atoms with Crippen molar-refractivity contribution in [2.75, 3.05) is 25.0 Å². The van der Waals surface area contributed by atoms with Crippen LogP contribution in [0.3, 0.4) is 0 Å². The van der Waals surface area contributed by atoms with E-state index in [1.54, 1.807) is 11.9 Å². The summed E-state index contributed by atoms with van der Waals surface area (Å²) in [7, 11) is 1.78. The number of carbonyl (C=O) groups is 2. The van der Waals surface area contributed by atoms with Gasteiger partial charge in [0.05, 0.1) is 18.5 Å². The molecule has 0 unspecified atom stereocenters. The molecular weight excluding hydrogens is 304 g/mol. The van der Waals surface area contributed by atoms with Crippen LogP contribution in [0, 0.1) is 10.6 Å². The highest BCUT2D eigenvalue weighted by atomic mass is 16.6. The molecule has 4 rings (SSSR count). The maximum atomic E-state index is 13.6. The van der Waals surface area contributed by atoms with E-state index in [-0.39, 0.29) is 10.6 Å². The Morgan fingerprint density at radius 3 is 2.79 bits per heavy atom. The predicted octanol–water partition coefficient (Wildman–Crippen LogP) is 2.38. The number of nitrogens with zero attached hydrogens (tertiary/aromatic N) is 2. The van der Waals surface area contributed by atoms with Gasteiger partial charge in [0.15, 0.2) is 0 Å². The lowest BCUT2D eigenvalue weighted by Gasteiger charge is -2.56. The fraction of sp³-hybridized carbons (Fsp3) is 0.579. The summed E-state index contributed by atoms with van der Waals surface area (Å²) in [5, 5.41) is 13.6. The first-order valence-corrected chi connectivity index (χ1v) is 8.87. The molecule has 3 heterocycles. The summed E-state index contributed by atoms with van der Waals surface area (Å²) in [4.78, 5) is 27.2. The second kappa shape index (κ2) is 4.90. The Kier molecular flexibility index (Phi) is 3.22. The lowest BCUT2D eigenvalue weighted by molar-refractivity contribution is -0.906. The molecular formula is C19H24N2O3. The minimum absolute atomic E-state index is 0.00822. The molecule has 2 saturated heterocycles. The number of piperidine rings is 1. The number of carbonyl (C=O) groups excluding carboxylic acids is 2. The first kappa shape index (κ1) is 15.8. The van der Waals surface area contributed by atoms with Crippen LogP contribution in [0.2, 0.25) is 0 Å². The molecule has 2 fully saturated rings. The number of aldehydes is 1. The summed E-state index contributed by atoms with van der Waals surface area (Å²) in [6.07, 6.45) is 3.61.